The molecule has 1 heterocycles. The number of carbonyl (C=O) groups excluding carboxylic acids is 2. The number of ether oxygens (including phenoxy) is 1. The van der Waals surface area contributed by atoms with Crippen molar-refractivity contribution in [1.82, 2.24) is 4.57 Å². The average molecular weight is 415 g/mol. The van der Waals surface area contributed by atoms with Crippen LogP contribution >= 0.6 is 23.1 Å². The van der Waals surface area contributed by atoms with Crippen molar-refractivity contribution in [3.05, 3.63) is 64.5 Å². The van der Waals surface area contributed by atoms with Crippen LogP contribution in [0.1, 0.15) is 29.8 Å². The molecule has 3 rings (SSSR count). The second-order valence-corrected chi connectivity index (χ2v) is 8.01. The summed E-state index contributed by atoms with van der Waals surface area (Å²) in [6, 6.07) is 15.5. The highest BCUT2D eigenvalue weighted by Gasteiger charge is 2.12. The molecule has 0 atom stereocenters. The predicted octanol–water partition coefficient (Wildman–Crippen LogP) is 4.26. The summed E-state index contributed by atoms with van der Waals surface area (Å²) in [6.07, 6.45) is 0. The minimum atomic E-state index is -0.340. The highest BCUT2D eigenvalue weighted by Crippen LogP contribution is 2.20. The Hall–Kier alpha value is -2.38. The van der Waals surface area contributed by atoms with Gasteiger partial charge in [-0.2, -0.15) is 4.99 Å². The van der Waals surface area contributed by atoms with Gasteiger partial charge in [-0.1, -0.05) is 41.7 Å². The fourth-order valence-corrected chi connectivity index (χ4v) is 4.69. The first-order valence-corrected chi connectivity index (χ1v) is 11.1. The molecule has 0 spiro atoms. The van der Waals surface area contributed by atoms with Gasteiger partial charge in [-0.3, -0.25) is 4.79 Å². The van der Waals surface area contributed by atoms with Crippen molar-refractivity contribution in [2.45, 2.75) is 26.1 Å². The van der Waals surface area contributed by atoms with Crippen LogP contribution in [0.25, 0.3) is 10.2 Å². The monoisotopic (exact) mass is 414 g/mol. The summed E-state index contributed by atoms with van der Waals surface area (Å²) >= 11 is 2.97. The molecule has 0 radical (unpaired) electrons. The lowest BCUT2D eigenvalue weighted by Crippen LogP contribution is -2.16. The van der Waals surface area contributed by atoms with Gasteiger partial charge in [0.2, 0.25) is 0 Å². The van der Waals surface area contributed by atoms with Crippen LogP contribution in [0.5, 0.6) is 0 Å². The summed E-state index contributed by atoms with van der Waals surface area (Å²) in [5, 5.41) is 0. The Morgan fingerprint density at radius 1 is 1.14 bits per heavy atom. The van der Waals surface area contributed by atoms with Gasteiger partial charge in [-0.15, -0.1) is 11.8 Å². The van der Waals surface area contributed by atoms with Crippen molar-refractivity contribution in [2.24, 2.45) is 4.99 Å². The molecule has 2 aromatic carbocycles. The van der Waals surface area contributed by atoms with Crippen LogP contribution in [0.3, 0.4) is 0 Å². The number of hydrogen-bond donors (Lipinski definition) is 0. The number of carbonyl (C=O) groups is 2. The quantitative estimate of drug-likeness (QED) is 0.542. The number of aryl methyl sites for hydroxylation is 1. The molecule has 0 bridgehead atoms. The van der Waals surface area contributed by atoms with Crippen molar-refractivity contribution in [2.75, 3.05) is 12.4 Å². The van der Waals surface area contributed by atoms with Crippen molar-refractivity contribution in [3.63, 3.8) is 0 Å². The van der Waals surface area contributed by atoms with Gasteiger partial charge in [-0.25, -0.2) is 4.79 Å². The zero-order valence-corrected chi connectivity index (χ0v) is 17.5. The molecule has 5 nitrogen and oxygen atoms in total. The van der Waals surface area contributed by atoms with E-state index >= 15 is 0 Å². The molecular formula is C21H22N2O3S2. The summed E-state index contributed by atoms with van der Waals surface area (Å²) in [5.74, 6) is 0.625. The number of amides is 1. The number of nitrogens with zero attached hydrogens (tertiary/aromatic N) is 2. The largest absolute Gasteiger partial charge is 0.462 e. The molecule has 0 fully saturated rings. The van der Waals surface area contributed by atoms with Crippen LogP contribution in [0.2, 0.25) is 0 Å². The Labute approximate surface area is 172 Å². The molecule has 1 aromatic heterocycles. The van der Waals surface area contributed by atoms with E-state index in [1.54, 1.807) is 30.8 Å². The molecule has 0 N–H and O–H groups in total. The molecule has 7 heteroatoms. The molecule has 0 aliphatic rings. The van der Waals surface area contributed by atoms with Crippen molar-refractivity contribution < 1.29 is 14.3 Å². The van der Waals surface area contributed by atoms with E-state index in [-0.39, 0.29) is 11.9 Å². The SMILES string of the molecule is CCOC(=O)c1ccc2c(c1)sc(=NC(=O)CSCc1ccccc1)n2CC. The maximum atomic E-state index is 12.3. The highest BCUT2D eigenvalue weighted by atomic mass is 32.2. The fourth-order valence-electron chi connectivity index (χ4n) is 2.77. The average Bonchev–Trinajstić information content (AvgIpc) is 3.04. The van der Waals surface area contributed by atoms with E-state index in [1.807, 2.05) is 47.9 Å². The maximum absolute atomic E-state index is 12.3. The highest BCUT2D eigenvalue weighted by molar-refractivity contribution is 7.99. The third-order valence-electron chi connectivity index (χ3n) is 4.07. The Kier molecular flexibility index (Phi) is 7.06. The number of hydrogen-bond acceptors (Lipinski definition) is 5. The van der Waals surface area contributed by atoms with E-state index in [2.05, 4.69) is 4.99 Å². The van der Waals surface area contributed by atoms with Gasteiger partial charge in [0, 0.05) is 12.3 Å². The summed E-state index contributed by atoms with van der Waals surface area (Å²) in [6.45, 7) is 4.83. The topological polar surface area (TPSA) is 60.7 Å². The van der Waals surface area contributed by atoms with Gasteiger partial charge in [0.1, 0.15) is 0 Å². The van der Waals surface area contributed by atoms with E-state index in [0.29, 0.717) is 29.3 Å². The maximum Gasteiger partial charge on any atom is 0.338 e. The van der Waals surface area contributed by atoms with Crippen LogP contribution in [-0.2, 0) is 21.8 Å². The Bertz CT molecular complexity index is 1040. The van der Waals surface area contributed by atoms with Crippen LogP contribution in [-0.4, -0.2) is 28.8 Å². The summed E-state index contributed by atoms with van der Waals surface area (Å²) < 4.78 is 7.97. The lowest BCUT2D eigenvalue weighted by molar-refractivity contribution is -0.115. The van der Waals surface area contributed by atoms with Gasteiger partial charge in [0.15, 0.2) is 4.80 Å². The molecular weight excluding hydrogens is 392 g/mol. The van der Waals surface area contributed by atoms with E-state index in [1.165, 1.54) is 16.9 Å². The third kappa shape index (κ3) is 4.91. The fraction of sp³-hybridized carbons (Fsp3) is 0.286. The molecule has 1 amide bonds. The minimum absolute atomic E-state index is 0.152. The first-order chi connectivity index (χ1) is 13.6. The number of esters is 1. The molecule has 146 valence electrons. The summed E-state index contributed by atoms with van der Waals surface area (Å²) in [7, 11) is 0. The van der Waals surface area contributed by atoms with Crippen molar-refractivity contribution >= 4 is 45.2 Å². The van der Waals surface area contributed by atoms with E-state index in [4.69, 9.17) is 4.74 Å². The Morgan fingerprint density at radius 3 is 2.64 bits per heavy atom. The van der Waals surface area contributed by atoms with Gasteiger partial charge in [0.05, 0.1) is 28.1 Å². The summed E-state index contributed by atoms with van der Waals surface area (Å²) in [5.41, 5.74) is 2.66. The molecule has 0 unspecified atom stereocenters. The van der Waals surface area contributed by atoms with Gasteiger partial charge < -0.3 is 9.30 Å². The number of fused-ring (bicyclic) bond motifs is 1. The second kappa shape index (κ2) is 9.71. The number of benzene rings is 2. The molecule has 28 heavy (non-hydrogen) atoms. The van der Waals surface area contributed by atoms with Gasteiger partial charge in [-0.05, 0) is 37.6 Å². The standard InChI is InChI=1S/C21H22N2O3S2/c1-3-23-17-11-10-16(20(25)26-4-2)12-18(17)28-21(23)22-19(24)14-27-13-15-8-6-5-7-9-15/h5-12H,3-4,13-14H2,1-2H3. The van der Waals surface area contributed by atoms with Crippen molar-refractivity contribution in [3.8, 4) is 0 Å². The zero-order chi connectivity index (χ0) is 19.9. The van der Waals surface area contributed by atoms with E-state index in [9.17, 15) is 9.59 Å². The molecule has 0 saturated heterocycles. The molecule has 0 aliphatic heterocycles. The van der Waals surface area contributed by atoms with Gasteiger partial charge in [0.25, 0.3) is 5.91 Å². The van der Waals surface area contributed by atoms with Crippen LogP contribution < -0.4 is 4.80 Å². The van der Waals surface area contributed by atoms with E-state index < -0.39 is 0 Å². The minimum Gasteiger partial charge on any atom is -0.462 e. The number of thiazole rings is 1. The second-order valence-electron chi connectivity index (χ2n) is 6.02. The predicted molar refractivity (Wildman–Crippen MR) is 115 cm³/mol. The number of thioether (sulfide) groups is 1. The lowest BCUT2D eigenvalue weighted by atomic mass is 10.2. The Balaban J connectivity index is 1.78. The van der Waals surface area contributed by atoms with Crippen LogP contribution in [0.15, 0.2) is 53.5 Å². The number of aromatic nitrogens is 1. The normalized spacial score (nSPS) is 11.7. The first kappa shape index (κ1) is 20.4. The van der Waals surface area contributed by atoms with Crippen LogP contribution in [0.4, 0.5) is 0 Å². The lowest BCUT2D eigenvalue weighted by Gasteiger charge is -2.03. The third-order valence-corrected chi connectivity index (χ3v) is 6.10. The van der Waals surface area contributed by atoms with Crippen molar-refractivity contribution in [1.29, 1.82) is 0 Å². The summed E-state index contributed by atoms with van der Waals surface area (Å²) in [4.78, 5) is 29.3. The zero-order valence-electron chi connectivity index (χ0n) is 15.9. The van der Waals surface area contributed by atoms with E-state index in [0.717, 1.165) is 16.0 Å². The smallest absolute Gasteiger partial charge is 0.338 e. The Morgan fingerprint density at radius 2 is 1.93 bits per heavy atom. The van der Waals surface area contributed by atoms with Gasteiger partial charge >= 0.3 is 5.97 Å². The molecule has 0 saturated carbocycles. The number of rotatable bonds is 7. The molecule has 0 aliphatic carbocycles. The van der Waals surface area contributed by atoms with Crippen LogP contribution in [0, 0.1) is 0 Å². The molecule has 3 aromatic rings. The first-order valence-electron chi connectivity index (χ1n) is 9.12.